The van der Waals surface area contributed by atoms with Gasteiger partial charge < -0.3 is 9.47 Å². The Morgan fingerprint density at radius 1 is 0.636 bits per heavy atom. The van der Waals surface area contributed by atoms with Gasteiger partial charge in [-0.1, -0.05) is 44.9 Å². The molecule has 0 aliphatic rings. The molecule has 0 atom stereocenters. The third kappa shape index (κ3) is 16.7. The van der Waals surface area contributed by atoms with Crippen molar-refractivity contribution in [2.45, 2.75) is 78.1 Å². The predicted molar refractivity (Wildman–Crippen MR) is 84.4 cm³/mol. The van der Waals surface area contributed by atoms with Gasteiger partial charge >= 0.3 is 11.9 Å². The van der Waals surface area contributed by atoms with Gasteiger partial charge in [-0.3, -0.25) is 14.4 Å². The number of Topliss-reactive ketones (excluding diaryl/α,β-unsaturated/α-hetero) is 1. The number of esters is 2. The summed E-state index contributed by atoms with van der Waals surface area (Å²) in [5, 5.41) is 0. The van der Waals surface area contributed by atoms with E-state index in [4.69, 9.17) is 9.47 Å². The van der Waals surface area contributed by atoms with Crippen LogP contribution in [0.4, 0.5) is 0 Å². The molecule has 0 aromatic rings. The maximum Gasteiger partial charge on any atom is 0.313 e. The van der Waals surface area contributed by atoms with Gasteiger partial charge in [0.05, 0.1) is 13.2 Å². The monoisotopic (exact) mass is 314 g/mol. The maximum absolute atomic E-state index is 11.1. The van der Waals surface area contributed by atoms with Crippen molar-refractivity contribution in [3.63, 3.8) is 0 Å². The molecule has 0 saturated carbocycles. The Labute approximate surface area is 133 Å². The van der Waals surface area contributed by atoms with E-state index in [9.17, 15) is 14.4 Å². The standard InChI is InChI=1S/C17H30O5/c1-15(18)14-17(20)22-13-11-9-7-5-3-4-6-8-10-12-21-16(2)19/h3-14H2,1-2H3. The fourth-order valence-electron chi connectivity index (χ4n) is 2.10. The van der Waals surface area contributed by atoms with Crippen molar-refractivity contribution in [3.8, 4) is 0 Å². The van der Waals surface area contributed by atoms with Crippen molar-refractivity contribution >= 4 is 17.7 Å². The third-order valence-electron chi connectivity index (χ3n) is 3.25. The smallest absolute Gasteiger partial charge is 0.313 e. The molecule has 0 bridgehead atoms. The first-order valence-electron chi connectivity index (χ1n) is 8.31. The van der Waals surface area contributed by atoms with Gasteiger partial charge in [-0.2, -0.15) is 0 Å². The second kappa shape index (κ2) is 14.5. The minimum absolute atomic E-state index is 0.114. The molecule has 0 aromatic carbocycles. The summed E-state index contributed by atoms with van der Waals surface area (Å²) >= 11 is 0. The normalized spacial score (nSPS) is 10.3. The number of ketones is 1. The lowest BCUT2D eigenvalue weighted by Crippen LogP contribution is -2.09. The molecule has 0 spiro atoms. The van der Waals surface area contributed by atoms with Crippen LogP contribution in [0.25, 0.3) is 0 Å². The summed E-state index contributed by atoms with van der Waals surface area (Å²) in [6.45, 7) is 3.78. The molecule has 0 amide bonds. The highest BCUT2D eigenvalue weighted by Crippen LogP contribution is 2.10. The van der Waals surface area contributed by atoms with Crippen molar-refractivity contribution in [1.82, 2.24) is 0 Å². The summed E-state index contributed by atoms with van der Waals surface area (Å²) in [5.74, 6) is -0.772. The lowest BCUT2D eigenvalue weighted by atomic mass is 10.1. The zero-order valence-corrected chi connectivity index (χ0v) is 14.0. The van der Waals surface area contributed by atoms with Crippen molar-refractivity contribution in [2.75, 3.05) is 13.2 Å². The fourth-order valence-corrected chi connectivity index (χ4v) is 2.10. The molecule has 0 aromatic heterocycles. The zero-order valence-electron chi connectivity index (χ0n) is 14.0. The van der Waals surface area contributed by atoms with Crippen LogP contribution in [0, 0.1) is 0 Å². The van der Waals surface area contributed by atoms with Crippen LogP contribution < -0.4 is 0 Å². The quantitative estimate of drug-likeness (QED) is 0.278. The molecule has 5 heteroatoms. The van der Waals surface area contributed by atoms with Crippen LogP contribution in [0.2, 0.25) is 0 Å². The Hall–Kier alpha value is -1.39. The number of ether oxygens (including phenoxy) is 2. The molecular formula is C17H30O5. The number of rotatable bonds is 14. The molecule has 0 fully saturated rings. The van der Waals surface area contributed by atoms with Gasteiger partial charge in [0.1, 0.15) is 12.2 Å². The molecule has 0 aliphatic heterocycles. The topological polar surface area (TPSA) is 69.7 Å². The Morgan fingerprint density at radius 2 is 1.05 bits per heavy atom. The fraction of sp³-hybridized carbons (Fsp3) is 0.824. The van der Waals surface area contributed by atoms with Crippen LogP contribution in [0.5, 0.6) is 0 Å². The molecule has 0 radical (unpaired) electrons. The van der Waals surface area contributed by atoms with Crippen molar-refractivity contribution < 1.29 is 23.9 Å². The highest BCUT2D eigenvalue weighted by atomic mass is 16.5. The van der Waals surface area contributed by atoms with Gasteiger partial charge in [0.25, 0.3) is 0 Å². The molecule has 128 valence electrons. The number of carbonyl (C=O) groups is 3. The van der Waals surface area contributed by atoms with Gasteiger partial charge in [-0.15, -0.1) is 0 Å². The van der Waals surface area contributed by atoms with Crippen LogP contribution in [0.15, 0.2) is 0 Å². The van der Waals surface area contributed by atoms with Crippen molar-refractivity contribution in [3.05, 3.63) is 0 Å². The molecule has 0 rings (SSSR count). The van der Waals surface area contributed by atoms with E-state index in [1.165, 1.54) is 39.5 Å². The predicted octanol–water partition coefficient (Wildman–Crippen LogP) is 3.58. The highest BCUT2D eigenvalue weighted by Gasteiger charge is 2.05. The molecule has 0 unspecified atom stereocenters. The minimum atomic E-state index is -0.416. The maximum atomic E-state index is 11.1. The Kier molecular flexibility index (Phi) is 13.6. The Bertz CT molecular complexity index is 325. The third-order valence-corrected chi connectivity index (χ3v) is 3.25. The van der Waals surface area contributed by atoms with Gasteiger partial charge in [0, 0.05) is 6.92 Å². The van der Waals surface area contributed by atoms with E-state index in [-0.39, 0.29) is 18.2 Å². The number of carbonyl (C=O) groups excluding carboxylic acids is 3. The van der Waals surface area contributed by atoms with Crippen LogP contribution in [0.1, 0.15) is 78.1 Å². The Morgan fingerprint density at radius 3 is 1.45 bits per heavy atom. The van der Waals surface area contributed by atoms with E-state index in [0.29, 0.717) is 13.2 Å². The van der Waals surface area contributed by atoms with E-state index in [2.05, 4.69) is 0 Å². The lowest BCUT2D eigenvalue weighted by molar-refractivity contribution is -0.146. The number of unbranched alkanes of at least 4 members (excludes halogenated alkanes) is 8. The molecular weight excluding hydrogens is 284 g/mol. The van der Waals surface area contributed by atoms with Gasteiger partial charge in [-0.25, -0.2) is 0 Å². The largest absolute Gasteiger partial charge is 0.466 e. The zero-order chi connectivity index (χ0) is 16.6. The molecule has 22 heavy (non-hydrogen) atoms. The molecule has 0 aliphatic carbocycles. The lowest BCUT2D eigenvalue weighted by Gasteiger charge is -2.04. The SMILES string of the molecule is CC(=O)CC(=O)OCCCCCCCCCCCOC(C)=O. The van der Waals surface area contributed by atoms with Crippen LogP contribution in [-0.4, -0.2) is 30.9 Å². The Balaban J connectivity index is 3.13. The second-order valence-electron chi connectivity index (χ2n) is 5.62. The molecule has 5 nitrogen and oxygen atoms in total. The molecule has 0 N–H and O–H groups in total. The van der Waals surface area contributed by atoms with Gasteiger partial charge in [0.15, 0.2) is 0 Å². The van der Waals surface area contributed by atoms with Crippen LogP contribution in [-0.2, 0) is 23.9 Å². The molecule has 0 saturated heterocycles. The van der Waals surface area contributed by atoms with Gasteiger partial charge in [-0.05, 0) is 19.8 Å². The second-order valence-corrected chi connectivity index (χ2v) is 5.62. The summed E-state index contributed by atoms with van der Waals surface area (Å²) < 4.78 is 9.83. The first kappa shape index (κ1) is 20.6. The van der Waals surface area contributed by atoms with Crippen molar-refractivity contribution in [2.24, 2.45) is 0 Å². The minimum Gasteiger partial charge on any atom is -0.466 e. The van der Waals surface area contributed by atoms with E-state index in [0.717, 1.165) is 32.1 Å². The average Bonchev–Trinajstić information content (AvgIpc) is 2.42. The van der Waals surface area contributed by atoms with Gasteiger partial charge in [0.2, 0.25) is 0 Å². The van der Waals surface area contributed by atoms with E-state index in [1.807, 2.05) is 0 Å². The van der Waals surface area contributed by atoms with E-state index in [1.54, 1.807) is 0 Å². The highest BCUT2D eigenvalue weighted by molar-refractivity contribution is 5.94. The average molecular weight is 314 g/mol. The first-order chi connectivity index (χ1) is 10.5. The number of hydrogen-bond donors (Lipinski definition) is 0. The van der Waals surface area contributed by atoms with Crippen LogP contribution in [0.3, 0.4) is 0 Å². The van der Waals surface area contributed by atoms with Crippen LogP contribution >= 0.6 is 0 Å². The van der Waals surface area contributed by atoms with Crippen molar-refractivity contribution in [1.29, 1.82) is 0 Å². The molecule has 0 heterocycles. The summed E-state index contributed by atoms with van der Waals surface area (Å²) in [4.78, 5) is 32.3. The summed E-state index contributed by atoms with van der Waals surface area (Å²) in [7, 11) is 0. The van der Waals surface area contributed by atoms with E-state index < -0.39 is 5.97 Å². The summed E-state index contributed by atoms with van der Waals surface area (Å²) in [6.07, 6.45) is 9.84. The summed E-state index contributed by atoms with van der Waals surface area (Å²) in [5.41, 5.74) is 0. The summed E-state index contributed by atoms with van der Waals surface area (Å²) in [6, 6.07) is 0. The number of hydrogen-bond acceptors (Lipinski definition) is 5. The van der Waals surface area contributed by atoms with E-state index >= 15 is 0 Å². The first-order valence-corrected chi connectivity index (χ1v) is 8.31.